The van der Waals surface area contributed by atoms with Gasteiger partial charge in [0, 0.05) is 12.1 Å². The number of hydrogen-bond acceptors (Lipinski definition) is 4. The Balaban J connectivity index is 3.10. The summed E-state index contributed by atoms with van der Waals surface area (Å²) in [7, 11) is 0. The third kappa shape index (κ3) is 8.33. The van der Waals surface area contributed by atoms with Gasteiger partial charge in [-0.15, -0.1) is 0 Å². The van der Waals surface area contributed by atoms with E-state index in [1.54, 1.807) is 0 Å². The van der Waals surface area contributed by atoms with Gasteiger partial charge in [-0.25, -0.2) is 0 Å². The Hall–Kier alpha value is -2.10. The molecule has 0 amide bonds. The minimum absolute atomic E-state index is 0.0387. The Labute approximate surface area is 183 Å². The maximum Gasteiger partial charge on any atom is 0.233 e. The van der Waals surface area contributed by atoms with Gasteiger partial charge in [0.15, 0.2) is 0 Å². The second kappa shape index (κ2) is 13.3. The molecule has 2 N–H and O–H groups in total. The van der Waals surface area contributed by atoms with Crippen LogP contribution in [0.25, 0.3) is 0 Å². The number of hydrogen-bond donors (Lipinski definition) is 2. The van der Waals surface area contributed by atoms with E-state index >= 15 is 0 Å². The molecule has 0 atom stereocenters. The molecular weight excluding hydrogens is 374 g/mol. The van der Waals surface area contributed by atoms with Crippen LogP contribution < -0.4 is 5.32 Å². The van der Waals surface area contributed by atoms with Crippen LogP contribution in [0.5, 0.6) is 0 Å². The van der Waals surface area contributed by atoms with Crippen LogP contribution >= 0.6 is 0 Å². The molecule has 0 aromatic carbocycles. The minimum Gasteiger partial charge on any atom is -0.505 e. The van der Waals surface area contributed by atoms with E-state index < -0.39 is 11.6 Å². The van der Waals surface area contributed by atoms with Crippen molar-refractivity contribution < 1.29 is 14.7 Å². The van der Waals surface area contributed by atoms with Crippen LogP contribution in [0.3, 0.4) is 0 Å². The highest BCUT2D eigenvalue weighted by atomic mass is 16.3. The Morgan fingerprint density at radius 1 is 1.03 bits per heavy atom. The summed E-state index contributed by atoms with van der Waals surface area (Å²) in [6.45, 7) is 13.2. The lowest BCUT2D eigenvalue weighted by atomic mass is 9.87. The normalized spacial score (nSPS) is 15.4. The van der Waals surface area contributed by atoms with Crippen LogP contribution in [0.15, 0.2) is 45.9 Å². The summed E-state index contributed by atoms with van der Waals surface area (Å²) < 4.78 is 0. The predicted octanol–water partition coefficient (Wildman–Crippen LogP) is 6.50. The number of aliphatic hydroxyl groups excluding tert-OH is 1. The average molecular weight is 416 g/mol. The summed E-state index contributed by atoms with van der Waals surface area (Å²) in [5.74, 6) is -0.536. The summed E-state index contributed by atoms with van der Waals surface area (Å²) in [4.78, 5) is 25.6. The molecule has 0 aromatic heterocycles. The Bertz CT molecular complexity index is 731. The number of ketones is 2. The number of nitrogens with one attached hydrogen (secondary N) is 1. The van der Waals surface area contributed by atoms with Gasteiger partial charge in [0.2, 0.25) is 11.6 Å². The van der Waals surface area contributed by atoms with Gasteiger partial charge in [0.25, 0.3) is 0 Å². The lowest BCUT2D eigenvalue weighted by Gasteiger charge is -2.23. The Kier molecular flexibility index (Phi) is 11.5. The first-order chi connectivity index (χ1) is 14.2. The molecule has 0 aliphatic heterocycles. The molecular formula is C26H41NO3. The average Bonchev–Trinajstić information content (AvgIpc) is 2.67. The lowest BCUT2D eigenvalue weighted by Crippen LogP contribution is -2.32. The maximum atomic E-state index is 12.9. The molecule has 1 aliphatic rings. The van der Waals surface area contributed by atoms with E-state index in [4.69, 9.17) is 0 Å². The number of carbonyl (C=O) groups is 2. The van der Waals surface area contributed by atoms with Gasteiger partial charge in [-0.2, -0.15) is 0 Å². The standard InChI is InChI=1S/C26H41NO3/c1-7-8-9-13-21-23(27-17-16-19(4)5)24(28)22(26(30)25(21)29)15-14-20(6)12-10-11-18(2)3/h11,14,19,27-28H,7-10,12-13,15-17H2,1-6H3/b20-14+. The van der Waals surface area contributed by atoms with Gasteiger partial charge >= 0.3 is 0 Å². The zero-order valence-electron chi connectivity index (χ0n) is 19.9. The van der Waals surface area contributed by atoms with E-state index in [0.29, 0.717) is 30.2 Å². The number of Topliss-reactive ketones (excluding diaryl/α,β-unsaturated/α-hetero) is 2. The minimum atomic E-state index is -0.554. The van der Waals surface area contributed by atoms with Crippen molar-refractivity contribution in [3.63, 3.8) is 0 Å². The topological polar surface area (TPSA) is 66.4 Å². The first-order valence-electron chi connectivity index (χ1n) is 11.5. The van der Waals surface area contributed by atoms with Gasteiger partial charge < -0.3 is 10.4 Å². The SMILES string of the molecule is CCCCCC1=C(NCCC(C)C)C(O)=C(C/C=C(\C)CCC=C(C)C)C(=O)C1=O. The molecule has 1 aliphatic carbocycles. The lowest BCUT2D eigenvalue weighted by molar-refractivity contribution is -0.132. The van der Waals surface area contributed by atoms with Crippen molar-refractivity contribution in [2.24, 2.45) is 5.92 Å². The second-order valence-corrected chi connectivity index (χ2v) is 8.98. The molecule has 0 heterocycles. The van der Waals surface area contributed by atoms with Crippen LogP contribution in [0.1, 0.15) is 92.9 Å². The van der Waals surface area contributed by atoms with Crippen molar-refractivity contribution in [2.45, 2.75) is 92.9 Å². The van der Waals surface area contributed by atoms with E-state index in [2.05, 4.69) is 46.0 Å². The molecule has 0 radical (unpaired) electrons. The van der Waals surface area contributed by atoms with E-state index in [1.165, 1.54) is 5.57 Å². The molecule has 0 saturated carbocycles. The van der Waals surface area contributed by atoms with E-state index in [1.807, 2.05) is 13.0 Å². The zero-order chi connectivity index (χ0) is 22.7. The Morgan fingerprint density at radius 3 is 2.30 bits per heavy atom. The molecule has 0 saturated heterocycles. The first kappa shape index (κ1) is 25.9. The fourth-order valence-electron chi connectivity index (χ4n) is 3.41. The van der Waals surface area contributed by atoms with Crippen molar-refractivity contribution >= 4 is 11.6 Å². The molecule has 0 unspecified atom stereocenters. The fourth-order valence-corrected chi connectivity index (χ4v) is 3.41. The van der Waals surface area contributed by atoms with Gasteiger partial charge in [0.05, 0.1) is 11.3 Å². The van der Waals surface area contributed by atoms with Gasteiger partial charge in [-0.3, -0.25) is 9.59 Å². The smallest absolute Gasteiger partial charge is 0.233 e. The second-order valence-electron chi connectivity index (χ2n) is 8.98. The number of allylic oxidation sites excluding steroid dienone is 6. The molecule has 4 heteroatoms. The largest absolute Gasteiger partial charge is 0.505 e. The van der Waals surface area contributed by atoms with Gasteiger partial charge in [-0.1, -0.05) is 56.9 Å². The summed E-state index contributed by atoms with van der Waals surface area (Å²) in [5.41, 5.74) is 3.58. The molecule has 168 valence electrons. The predicted molar refractivity (Wildman–Crippen MR) is 125 cm³/mol. The highest BCUT2D eigenvalue weighted by Crippen LogP contribution is 2.29. The third-order valence-electron chi connectivity index (χ3n) is 5.38. The molecule has 0 spiro atoms. The monoisotopic (exact) mass is 415 g/mol. The quantitative estimate of drug-likeness (QED) is 0.156. The number of aliphatic hydroxyl groups is 1. The van der Waals surface area contributed by atoms with Crippen molar-refractivity contribution in [1.29, 1.82) is 0 Å². The molecule has 0 fully saturated rings. The highest BCUT2D eigenvalue weighted by molar-refractivity contribution is 6.50. The number of carbonyl (C=O) groups excluding carboxylic acids is 2. The first-order valence-corrected chi connectivity index (χ1v) is 11.5. The summed E-state index contributed by atoms with van der Waals surface area (Å²) >= 11 is 0. The molecule has 4 nitrogen and oxygen atoms in total. The van der Waals surface area contributed by atoms with E-state index in [9.17, 15) is 14.7 Å². The third-order valence-corrected chi connectivity index (χ3v) is 5.38. The van der Waals surface area contributed by atoms with Crippen LogP contribution in [0.4, 0.5) is 0 Å². The number of unbranched alkanes of at least 4 members (excludes halogenated alkanes) is 2. The van der Waals surface area contributed by atoms with Crippen molar-refractivity contribution in [1.82, 2.24) is 5.32 Å². The van der Waals surface area contributed by atoms with Crippen LogP contribution in [-0.4, -0.2) is 23.2 Å². The molecule has 1 rings (SSSR count). The zero-order valence-corrected chi connectivity index (χ0v) is 19.9. The van der Waals surface area contributed by atoms with Crippen molar-refractivity contribution in [2.75, 3.05) is 6.54 Å². The van der Waals surface area contributed by atoms with E-state index in [0.717, 1.165) is 44.1 Å². The van der Waals surface area contributed by atoms with Gasteiger partial charge in [-0.05, 0) is 65.2 Å². The molecule has 30 heavy (non-hydrogen) atoms. The summed E-state index contributed by atoms with van der Waals surface area (Å²) in [6.07, 6.45) is 10.6. The summed E-state index contributed by atoms with van der Waals surface area (Å²) in [6, 6.07) is 0. The molecule has 0 bridgehead atoms. The van der Waals surface area contributed by atoms with Gasteiger partial charge in [0.1, 0.15) is 5.76 Å². The van der Waals surface area contributed by atoms with Crippen LogP contribution in [0.2, 0.25) is 0 Å². The molecule has 0 aromatic rings. The number of rotatable bonds is 13. The van der Waals surface area contributed by atoms with E-state index in [-0.39, 0.29) is 17.8 Å². The Morgan fingerprint density at radius 2 is 1.70 bits per heavy atom. The van der Waals surface area contributed by atoms with Crippen LogP contribution in [0, 0.1) is 5.92 Å². The highest BCUT2D eigenvalue weighted by Gasteiger charge is 2.34. The maximum absolute atomic E-state index is 12.9. The van der Waals surface area contributed by atoms with Crippen LogP contribution in [-0.2, 0) is 9.59 Å². The summed E-state index contributed by atoms with van der Waals surface area (Å²) in [5, 5.41) is 14.2. The van der Waals surface area contributed by atoms with Crippen molar-refractivity contribution in [3.8, 4) is 0 Å². The van der Waals surface area contributed by atoms with Crippen molar-refractivity contribution in [3.05, 3.63) is 45.9 Å². The fraction of sp³-hybridized carbons (Fsp3) is 0.615.